The normalized spacial score (nSPS) is 22.5. The summed E-state index contributed by atoms with van der Waals surface area (Å²) in [6.07, 6.45) is 4.13. The van der Waals surface area contributed by atoms with Crippen molar-refractivity contribution in [1.29, 1.82) is 5.26 Å². The molecule has 1 unspecified atom stereocenters. The van der Waals surface area contributed by atoms with E-state index in [1.54, 1.807) is 6.33 Å². The van der Waals surface area contributed by atoms with Crippen LogP contribution in [0, 0.1) is 17.2 Å². The van der Waals surface area contributed by atoms with Crippen molar-refractivity contribution in [3.05, 3.63) is 12.2 Å². The van der Waals surface area contributed by atoms with Crippen LogP contribution in [0.3, 0.4) is 0 Å². The van der Waals surface area contributed by atoms with Gasteiger partial charge in [0, 0.05) is 19.6 Å². The van der Waals surface area contributed by atoms with E-state index in [9.17, 15) is 5.26 Å². The van der Waals surface area contributed by atoms with Crippen molar-refractivity contribution in [3.8, 4) is 6.07 Å². The van der Waals surface area contributed by atoms with Gasteiger partial charge in [-0.25, -0.2) is 0 Å². The highest BCUT2D eigenvalue weighted by Gasteiger charge is 2.46. The van der Waals surface area contributed by atoms with E-state index in [4.69, 9.17) is 0 Å². The third-order valence-corrected chi connectivity index (χ3v) is 4.16. The van der Waals surface area contributed by atoms with E-state index in [1.807, 2.05) is 0 Å². The van der Waals surface area contributed by atoms with Gasteiger partial charge in [0.25, 0.3) is 0 Å². The summed E-state index contributed by atoms with van der Waals surface area (Å²) in [5.41, 5.74) is -0.378. The van der Waals surface area contributed by atoms with Crippen LogP contribution in [0.4, 0.5) is 0 Å². The Morgan fingerprint density at radius 2 is 2.37 bits per heavy atom. The van der Waals surface area contributed by atoms with Crippen molar-refractivity contribution in [2.45, 2.75) is 38.4 Å². The van der Waals surface area contributed by atoms with Gasteiger partial charge in [0.2, 0.25) is 0 Å². The molecule has 2 heterocycles. The molecule has 0 aromatic carbocycles. The molecule has 0 saturated heterocycles. The zero-order valence-corrected chi connectivity index (χ0v) is 11.3. The van der Waals surface area contributed by atoms with Gasteiger partial charge in [-0.2, -0.15) is 5.26 Å². The summed E-state index contributed by atoms with van der Waals surface area (Å²) in [5, 5.41) is 21.1. The van der Waals surface area contributed by atoms with Gasteiger partial charge in [0.1, 0.15) is 17.7 Å². The Morgan fingerprint density at radius 1 is 1.53 bits per heavy atom. The smallest absolute Gasteiger partial charge is 0.147 e. The maximum Gasteiger partial charge on any atom is 0.147 e. The van der Waals surface area contributed by atoms with Crippen molar-refractivity contribution in [1.82, 2.24) is 25.0 Å². The number of nitrogens with zero attached hydrogens (tertiary/aromatic N) is 5. The maximum atomic E-state index is 9.63. The first-order valence-electron chi connectivity index (χ1n) is 7.03. The molecule has 6 nitrogen and oxygen atoms in total. The van der Waals surface area contributed by atoms with Gasteiger partial charge >= 0.3 is 0 Å². The number of aromatic nitrogens is 3. The van der Waals surface area contributed by atoms with Crippen molar-refractivity contribution in [2.24, 2.45) is 5.92 Å². The molecular weight excluding hydrogens is 240 g/mol. The average molecular weight is 260 g/mol. The molecule has 102 valence electrons. The lowest BCUT2D eigenvalue weighted by Crippen LogP contribution is -2.55. The molecular formula is C13H20N6. The van der Waals surface area contributed by atoms with Crippen LogP contribution in [0.25, 0.3) is 0 Å². The maximum absolute atomic E-state index is 9.63. The largest absolute Gasteiger partial charge is 0.315 e. The van der Waals surface area contributed by atoms with E-state index in [1.165, 1.54) is 12.8 Å². The molecule has 0 amide bonds. The summed E-state index contributed by atoms with van der Waals surface area (Å²) in [6, 6.07) is 2.55. The van der Waals surface area contributed by atoms with Gasteiger partial charge in [-0.15, -0.1) is 10.2 Å². The summed E-state index contributed by atoms with van der Waals surface area (Å²) in [7, 11) is 0. The molecule has 1 saturated carbocycles. The summed E-state index contributed by atoms with van der Waals surface area (Å²) in [5.74, 6) is 1.52. The number of likely N-dealkylation sites (N-methyl/N-ethyl adjacent to an activating group) is 1. The van der Waals surface area contributed by atoms with Crippen LogP contribution in [0.5, 0.6) is 0 Å². The second-order valence-electron chi connectivity index (χ2n) is 5.54. The molecule has 0 bridgehead atoms. The third-order valence-electron chi connectivity index (χ3n) is 4.16. The van der Waals surface area contributed by atoms with Crippen molar-refractivity contribution >= 4 is 0 Å². The number of nitrogens with one attached hydrogen (secondary N) is 1. The molecule has 0 spiro atoms. The predicted octanol–water partition coefficient (Wildman–Crippen LogP) is 0.376. The molecule has 3 rings (SSSR count). The van der Waals surface area contributed by atoms with E-state index in [0.717, 1.165) is 38.5 Å². The summed E-state index contributed by atoms with van der Waals surface area (Å²) in [4.78, 5) is 2.33. The van der Waals surface area contributed by atoms with Crippen LogP contribution in [0.2, 0.25) is 0 Å². The number of fused-ring (bicyclic) bond motifs is 1. The van der Waals surface area contributed by atoms with E-state index < -0.39 is 0 Å². The first-order valence-corrected chi connectivity index (χ1v) is 7.03. The molecule has 1 aromatic heterocycles. The number of nitriles is 1. The molecule has 1 atom stereocenters. The fourth-order valence-electron chi connectivity index (χ4n) is 2.99. The molecule has 1 N–H and O–H groups in total. The minimum Gasteiger partial charge on any atom is -0.315 e. The van der Waals surface area contributed by atoms with Crippen molar-refractivity contribution < 1.29 is 0 Å². The second kappa shape index (κ2) is 4.91. The van der Waals surface area contributed by atoms with Crippen LogP contribution < -0.4 is 5.32 Å². The molecule has 6 heteroatoms. The van der Waals surface area contributed by atoms with Crippen molar-refractivity contribution in [3.63, 3.8) is 0 Å². The Labute approximate surface area is 113 Å². The van der Waals surface area contributed by atoms with Gasteiger partial charge in [0.05, 0.1) is 12.6 Å². The topological polar surface area (TPSA) is 69.8 Å². The van der Waals surface area contributed by atoms with Gasteiger partial charge in [-0.3, -0.25) is 10.2 Å². The Hall–Kier alpha value is -1.45. The number of hydrogen-bond donors (Lipinski definition) is 1. The van der Waals surface area contributed by atoms with E-state index in [-0.39, 0.29) is 5.54 Å². The van der Waals surface area contributed by atoms with Gasteiger partial charge in [0.15, 0.2) is 0 Å². The highest BCUT2D eigenvalue weighted by molar-refractivity contribution is 5.17. The predicted molar refractivity (Wildman–Crippen MR) is 70.0 cm³/mol. The Morgan fingerprint density at radius 3 is 3.05 bits per heavy atom. The van der Waals surface area contributed by atoms with Crippen LogP contribution >= 0.6 is 0 Å². The molecule has 2 aliphatic rings. The third kappa shape index (κ3) is 2.36. The van der Waals surface area contributed by atoms with E-state index >= 15 is 0 Å². The number of hydrogen-bond acceptors (Lipinski definition) is 5. The first kappa shape index (κ1) is 12.6. The Kier molecular flexibility index (Phi) is 3.25. The summed E-state index contributed by atoms with van der Waals surface area (Å²) >= 11 is 0. The lowest BCUT2D eigenvalue weighted by Gasteiger charge is -2.35. The minimum atomic E-state index is -0.378. The molecule has 1 aliphatic carbocycles. The second-order valence-corrected chi connectivity index (χ2v) is 5.54. The lowest BCUT2D eigenvalue weighted by atomic mass is 9.93. The molecule has 0 radical (unpaired) electrons. The minimum absolute atomic E-state index is 0.378. The van der Waals surface area contributed by atoms with Gasteiger partial charge in [-0.05, 0) is 25.3 Å². The van der Waals surface area contributed by atoms with Crippen LogP contribution in [-0.4, -0.2) is 44.8 Å². The fraction of sp³-hybridized carbons (Fsp3) is 0.769. The average Bonchev–Trinajstić information content (AvgIpc) is 3.17. The van der Waals surface area contributed by atoms with Gasteiger partial charge in [-0.1, -0.05) is 6.92 Å². The zero-order chi connectivity index (χ0) is 13.3. The molecule has 1 aliphatic heterocycles. The highest BCUT2D eigenvalue weighted by atomic mass is 15.3. The van der Waals surface area contributed by atoms with E-state index in [2.05, 4.69) is 38.0 Å². The quantitative estimate of drug-likeness (QED) is 0.828. The summed E-state index contributed by atoms with van der Waals surface area (Å²) < 4.78 is 2.09. The summed E-state index contributed by atoms with van der Waals surface area (Å²) in [6.45, 7) is 6.37. The Balaban J connectivity index is 1.71. The highest BCUT2D eigenvalue weighted by Crippen LogP contribution is 2.40. The molecule has 1 fully saturated rings. The van der Waals surface area contributed by atoms with Crippen LogP contribution in [0.1, 0.15) is 25.6 Å². The lowest BCUT2D eigenvalue weighted by molar-refractivity contribution is 0.161. The van der Waals surface area contributed by atoms with Gasteiger partial charge < -0.3 is 4.57 Å². The SMILES string of the molecule is CCNC(C#N)(CN1CCn2cnnc2C1)C1CC1. The van der Waals surface area contributed by atoms with E-state index in [0.29, 0.717) is 5.92 Å². The monoisotopic (exact) mass is 260 g/mol. The fourth-order valence-corrected chi connectivity index (χ4v) is 2.99. The number of rotatable bonds is 5. The van der Waals surface area contributed by atoms with Crippen molar-refractivity contribution in [2.75, 3.05) is 19.6 Å². The Bertz CT molecular complexity index is 486. The first-order chi connectivity index (χ1) is 9.27. The van der Waals surface area contributed by atoms with Crippen LogP contribution in [-0.2, 0) is 13.1 Å². The molecule has 19 heavy (non-hydrogen) atoms. The van der Waals surface area contributed by atoms with Crippen LogP contribution in [0.15, 0.2) is 6.33 Å². The standard InChI is InChI=1S/C13H20N6/c1-2-15-13(8-14,11-3-4-11)9-18-5-6-19-10-16-17-12(19)7-18/h10-11,15H,2-7,9H2,1H3. The zero-order valence-electron chi connectivity index (χ0n) is 11.3. The molecule has 1 aromatic rings.